The van der Waals surface area contributed by atoms with E-state index in [0.29, 0.717) is 13.0 Å². The molecule has 0 bridgehead atoms. The lowest BCUT2D eigenvalue weighted by Gasteiger charge is -2.20. The molecule has 2 rings (SSSR count). The highest BCUT2D eigenvalue weighted by atomic mass is 16.5. The highest BCUT2D eigenvalue weighted by molar-refractivity contribution is 5.36. The molecule has 20 heavy (non-hydrogen) atoms. The molecule has 0 aliphatic rings. The van der Waals surface area contributed by atoms with Crippen LogP contribution in [0.15, 0.2) is 54.6 Å². The molecule has 2 atom stereocenters. The lowest BCUT2D eigenvalue weighted by molar-refractivity contribution is 0.138. The van der Waals surface area contributed by atoms with Gasteiger partial charge in [-0.3, -0.25) is 0 Å². The number of aliphatic hydroxyl groups excluding tert-OH is 1. The van der Waals surface area contributed by atoms with Crippen LogP contribution in [0.1, 0.15) is 30.5 Å². The Morgan fingerprint density at radius 3 is 2.40 bits per heavy atom. The van der Waals surface area contributed by atoms with Gasteiger partial charge >= 0.3 is 0 Å². The van der Waals surface area contributed by atoms with E-state index in [4.69, 9.17) is 10.5 Å². The van der Waals surface area contributed by atoms with E-state index in [1.807, 2.05) is 61.5 Å². The predicted octanol–water partition coefficient (Wildman–Crippen LogP) is 3.04. The lowest BCUT2D eigenvalue weighted by Crippen LogP contribution is -2.25. The molecule has 0 saturated carbocycles. The molecular weight excluding hydrogens is 250 g/mol. The fourth-order valence-corrected chi connectivity index (χ4v) is 2.08. The highest BCUT2D eigenvalue weighted by Crippen LogP contribution is 2.27. The van der Waals surface area contributed by atoms with Gasteiger partial charge in [-0.25, -0.2) is 0 Å². The maximum atomic E-state index is 9.91. The number of ether oxygens (including phenoxy) is 1. The number of rotatable bonds is 6. The summed E-state index contributed by atoms with van der Waals surface area (Å²) < 4.78 is 5.85. The van der Waals surface area contributed by atoms with Crippen molar-refractivity contribution in [2.24, 2.45) is 5.73 Å². The van der Waals surface area contributed by atoms with E-state index in [0.717, 1.165) is 16.9 Å². The number of para-hydroxylation sites is 1. The van der Waals surface area contributed by atoms with Gasteiger partial charge in [-0.2, -0.15) is 0 Å². The molecule has 0 fully saturated rings. The Morgan fingerprint density at radius 2 is 1.70 bits per heavy atom. The van der Waals surface area contributed by atoms with Crippen LogP contribution in [0.5, 0.6) is 5.75 Å². The molecule has 0 unspecified atom stereocenters. The Hall–Kier alpha value is -1.84. The zero-order chi connectivity index (χ0) is 14.4. The first-order valence-electron chi connectivity index (χ1n) is 6.91. The summed E-state index contributed by atoms with van der Waals surface area (Å²) in [5.74, 6) is 0.733. The van der Waals surface area contributed by atoms with E-state index < -0.39 is 12.1 Å². The highest BCUT2D eigenvalue weighted by Gasteiger charge is 2.18. The fraction of sp³-hybridized carbons (Fsp3) is 0.294. The van der Waals surface area contributed by atoms with Gasteiger partial charge in [0.2, 0.25) is 0 Å². The molecule has 3 heteroatoms. The van der Waals surface area contributed by atoms with E-state index >= 15 is 0 Å². The molecule has 106 valence electrons. The van der Waals surface area contributed by atoms with Crippen LogP contribution in [0.3, 0.4) is 0 Å². The maximum Gasteiger partial charge on any atom is 0.124 e. The molecule has 0 spiro atoms. The third-order valence-corrected chi connectivity index (χ3v) is 3.35. The van der Waals surface area contributed by atoms with Gasteiger partial charge in [0.25, 0.3) is 0 Å². The van der Waals surface area contributed by atoms with Crippen LogP contribution in [0.2, 0.25) is 0 Å². The van der Waals surface area contributed by atoms with Gasteiger partial charge in [0, 0.05) is 5.56 Å². The van der Waals surface area contributed by atoms with Crippen molar-refractivity contribution in [2.75, 3.05) is 0 Å². The Labute approximate surface area is 120 Å². The first-order valence-corrected chi connectivity index (χ1v) is 6.91. The minimum absolute atomic E-state index is 0.424. The summed E-state index contributed by atoms with van der Waals surface area (Å²) in [7, 11) is 0. The molecule has 0 aromatic heterocycles. The fourth-order valence-electron chi connectivity index (χ4n) is 2.08. The van der Waals surface area contributed by atoms with Crippen molar-refractivity contribution in [2.45, 2.75) is 32.1 Å². The van der Waals surface area contributed by atoms with Gasteiger partial charge in [0.15, 0.2) is 0 Å². The van der Waals surface area contributed by atoms with Gasteiger partial charge in [-0.15, -0.1) is 0 Å². The summed E-state index contributed by atoms with van der Waals surface area (Å²) in [5, 5.41) is 9.91. The minimum Gasteiger partial charge on any atom is -0.489 e. The van der Waals surface area contributed by atoms with Crippen molar-refractivity contribution in [1.29, 1.82) is 0 Å². The maximum absolute atomic E-state index is 9.91. The molecule has 2 aromatic carbocycles. The van der Waals surface area contributed by atoms with Crippen molar-refractivity contribution in [3.8, 4) is 5.75 Å². The second-order valence-corrected chi connectivity index (χ2v) is 4.81. The van der Waals surface area contributed by atoms with Crippen LogP contribution in [-0.2, 0) is 6.61 Å². The average molecular weight is 271 g/mol. The SMILES string of the molecule is CC[C@@H](O)[C@@H](N)c1ccccc1OCc1ccccc1. The predicted molar refractivity (Wildman–Crippen MR) is 80.4 cm³/mol. The molecule has 3 nitrogen and oxygen atoms in total. The molecule has 3 N–H and O–H groups in total. The van der Waals surface area contributed by atoms with Crippen LogP contribution in [0.25, 0.3) is 0 Å². The van der Waals surface area contributed by atoms with Gasteiger partial charge in [0.1, 0.15) is 12.4 Å². The second kappa shape index (κ2) is 7.08. The first-order chi connectivity index (χ1) is 9.72. The van der Waals surface area contributed by atoms with Crippen molar-refractivity contribution < 1.29 is 9.84 Å². The Bertz CT molecular complexity index is 528. The van der Waals surface area contributed by atoms with Crippen molar-refractivity contribution in [3.63, 3.8) is 0 Å². The normalized spacial score (nSPS) is 13.8. The number of benzene rings is 2. The largest absolute Gasteiger partial charge is 0.489 e. The monoisotopic (exact) mass is 271 g/mol. The smallest absolute Gasteiger partial charge is 0.124 e. The Balaban J connectivity index is 2.12. The van der Waals surface area contributed by atoms with Crippen molar-refractivity contribution in [3.05, 3.63) is 65.7 Å². The zero-order valence-electron chi connectivity index (χ0n) is 11.7. The van der Waals surface area contributed by atoms with Gasteiger partial charge in [0.05, 0.1) is 12.1 Å². The molecular formula is C17H21NO2. The summed E-state index contributed by atoms with van der Waals surface area (Å²) in [6.07, 6.45) is 0.0604. The second-order valence-electron chi connectivity index (χ2n) is 4.81. The minimum atomic E-state index is -0.559. The molecule has 0 heterocycles. The molecule has 0 aliphatic carbocycles. The van der Waals surface area contributed by atoms with Crippen molar-refractivity contribution in [1.82, 2.24) is 0 Å². The van der Waals surface area contributed by atoms with E-state index in [9.17, 15) is 5.11 Å². The summed E-state index contributed by atoms with van der Waals surface area (Å²) >= 11 is 0. The molecule has 0 radical (unpaired) electrons. The van der Waals surface area contributed by atoms with Crippen LogP contribution in [-0.4, -0.2) is 11.2 Å². The molecule has 0 aliphatic heterocycles. The number of aliphatic hydroxyl groups is 1. The topological polar surface area (TPSA) is 55.5 Å². The van der Waals surface area contributed by atoms with Gasteiger partial charge in [-0.1, -0.05) is 55.5 Å². The quantitative estimate of drug-likeness (QED) is 0.849. The molecule has 0 saturated heterocycles. The third-order valence-electron chi connectivity index (χ3n) is 3.35. The van der Waals surface area contributed by atoms with Gasteiger partial charge in [-0.05, 0) is 18.1 Å². The Kier molecular flexibility index (Phi) is 5.16. The third kappa shape index (κ3) is 3.59. The molecule has 0 amide bonds. The summed E-state index contributed by atoms with van der Waals surface area (Å²) in [5.41, 5.74) is 8.04. The van der Waals surface area contributed by atoms with Crippen LogP contribution in [0.4, 0.5) is 0 Å². The number of nitrogens with two attached hydrogens (primary N) is 1. The lowest BCUT2D eigenvalue weighted by atomic mass is 10.00. The average Bonchev–Trinajstić information content (AvgIpc) is 2.52. The first kappa shape index (κ1) is 14.6. The van der Waals surface area contributed by atoms with E-state index in [2.05, 4.69) is 0 Å². The number of hydrogen-bond acceptors (Lipinski definition) is 3. The van der Waals surface area contributed by atoms with Gasteiger partial charge < -0.3 is 15.6 Å². The zero-order valence-corrected chi connectivity index (χ0v) is 11.7. The van der Waals surface area contributed by atoms with Crippen LogP contribution < -0.4 is 10.5 Å². The standard InChI is InChI=1S/C17H21NO2/c1-2-15(19)17(18)14-10-6-7-11-16(14)20-12-13-8-4-3-5-9-13/h3-11,15,17,19H,2,12,18H2,1H3/t15-,17+/m1/s1. The summed E-state index contributed by atoms with van der Waals surface area (Å²) in [6.45, 7) is 2.41. The summed E-state index contributed by atoms with van der Waals surface area (Å²) in [6, 6.07) is 17.2. The molecule has 2 aromatic rings. The van der Waals surface area contributed by atoms with Crippen LogP contribution >= 0.6 is 0 Å². The van der Waals surface area contributed by atoms with Crippen molar-refractivity contribution >= 4 is 0 Å². The number of hydrogen-bond donors (Lipinski definition) is 2. The summed E-state index contributed by atoms with van der Waals surface area (Å²) in [4.78, 5) is 0. The van der Waals surface area contributed by atoms with E-state index in [1.165, 1.54) is 0 Å². The van der Waals surface area contributed by atoms with Crippen LogP contribution in [0, 0.1) is 0 Å². The Morgan fingerprint density at radius 1 is 1.05 bits per heavy atom. The van der Waals surface area contributed by atoms with E-state index in [-0.39, 0.29) is 0 Å². The van der Waals surface area contributed by atoms with E-state index in [1.54, 1.807) is 0 Å².